The molecule has 1 fully saturated rings. The number of piperidine rings is 1. The number of ether oxygens (including phenoxy) is 1. The second kappa shape index (κ2) is 11.5. The van der Waals surface area contributed by atoms with Crippen LogP contribution in [0, 0.1) is 20.8 Å². The van der Waals surface area contributed by atoms with E-state index < -0.39 is 11.9 Å². The number of nitrogens with two attached hydrogens (primary N) is 1. The first-order chi connectivity index (χ1) is 20.0. The molecule has 0 radical (unpaired) electrons. The molecule has 8 heteroatoms. The zero-order valence-electron chi connectivity index (χ0n) is 24.7. The maximum absolute atomic E-state index is 9.10. The molecule has 4 aromatic rings. The Morgan fingerprint density at radius 3 is 2.19 bits per heavy atom. The Kier molecular flexibility index (Phi) is 8.01. The normalized spacial score (nSPS) is 18.7. The number of rotatable bonds is 4. The monoisotopic (exact) mass is 569 g/mol. The number of para-hydroxylation sites is 2. The van der Waals surface area contributed by atoms with Crippen LogP contribution in [0.2, 0.25) is 0 Å². The number of fused-ring (bicyclic) bond motifs is 2. The summed E-state index contributed by atoms with van der Waals surface area (Å²) in [5.74, 6) is -1.99. The first kappa shape index (κ1) is 29.2. The summed E-state index contributed by atoms with van der Waals surface area (Å²) in [5, 5.41) is 16.2. The maximum atomic E-state index is 9.10. The first-order valence-corrected chi connectivity index (χ1v) is 14.4. The van der Waals surface area contributed by atoms with Crippen molar-refractivity contribution in [3.63, 3.8) is 0 Å². The molecule has 2 aliphatic rings. The van der Waals surface area contributed by atoms with E-state index in [4.69, 9.17) is 30.3 Å². The predicted octanol–water partition coefficient (Wildman–Crippen LogP) is 5.87. The molecule has 1 unspecified atom stereocenters. The summed E-state index contributed by atoms with van der Waals surface area (Å²) in [7, 11) is 0. The Morgan fingerprint density at radius 2 is 1.55 bits per heavy atom. The molecule has 1 saturated heterocycles. The van der Waals surface area contributed by atoms with E-state index in [1.165, 1.54) is 51.7 Å². The number of likely N-dealkylation sites (tertiary alicyclic amines) is 1. The van der Waals surface area contributed by atoms with Crippen LogP contribution < -0.4 is 10.5 Å². The Labute approximate surface area is 246 Å². The van der Waals surface area contributed by atoms with Crippen molar-refractivity contribution in [2.75, 3.05) is 25.4 Å². The van der Waals surface area contributed by atoms with E-state index in [9.17, 15) is 0 Å². The Bertz CT molecular complexity index is 1590. The largest absolute Gasteiger partial charge is 0.485 e. The molecule has 8 nitrogen and oxygen atoms in total. The molecule has 220 valence electrons. The first-order valence-electron chi connectivity index (χ1n) is 14.4. The van der Waals surface area contributed by atoms with Crippen LogP contribution in [0.25, 0.3) is 16.6 Å². The molecule has 1 aromatic heterocycles. The van der Waals surface area contributed by atoms with Gasteiger partial charge in [-0.3, -0.25) is 4.90 Å². The van der Waals surface area contributed by atoms with Gasteiger partial charge in [0.15, 0.2) is 0 Å². The molecule has 0 amide bonds. The molecular weight excluding hydrogens is 530 g/mol. The number of hydrogen-bond donors (Lipinski definition) is 3. The Hall–Kier alpha value is -4.30. The predicted molar refractivity (Wildman–Crippen MR) is 165 cm³/mol. The van der Waals surface area contributed by atoms with Crippen molar-refractivity contribution in [3.8, 4) is 11.4 Å². The van der Waals surface area contributed by atoms with Crippen LogP contribution >= 0.6 is 0 Å². The summed E-state index contributed by atoms with van der Waals surface area (Å²) in [6, 6.07) is 19.6. The van der Waals surface area contributed by atoms with Gasteiger partial charge in [-0.25, -0.2) is 9.59 Å². The molecule has 3 heterocycles. The van der Waals surface area contributed by atoms with Gasteiger partial charge in [-0.2, -0.15) is 0 Å². The van der Waals surface area contributed by atoms with E-state index in [1.54, 1.807) is 0 Å². The lowest BCUT2D eigenvalue weighted by atomic mass is 9.88. The number of hydrogen-bond acceptors (Lipinski definition) is 5. The molecule has 2 aliphatic heterocycles. The van der Waals surface area contributed by atoms with Gasteiger partial charge in [0, 0.05) is 41.5 Å². The summed E-state index contributed by atoms with van der Waals surface area (Å²) < 4.78 is 9.03. The molecule has 3 aromatic carbocycles. The van der Waals surface area contributed by atoms with Crippen LogP contribution in [0.15, 0.2) is 60.8 Å². The molecule has 6 rings (SSSR count). The van der Waals surface area contributed by atoms with Gasteiger partial charge < -0.3 is 25.3 Å². The van der Waals surface area contributed by atoms with E-state index >= 15 is 0 Å². The lowest BCUT2D eigenvalue weighted by Crippen LogP contribution is -2.47. The lowest BCUT2D eigenvalue weighted by Gasteiger charge is -2.37. The van der Waals surface area contributed by atoms with Gasteiger partial charge in [0.1, 0.15) is 11.4 Å². The molecule has 1 atom stereocenters. The van der Waals surface area contributed by atoms with Crippen molar-refractivity contribution in [3.05, 3.63) is 88.6 Å². The van der Waals surface area contributed by atoms with E-state index in [2.05, 4.69) is 98.0 Å². The number of anilines is 1. The minimum Gasteiger partial charge on any atom is -0.485 e. The lowest BCUT2D eigenvalue weighted by molar-refractivity contribution is -0.159. The highest BCUT2D eigenvalue weighted by atomic mass is 16.5. The second-order valence-corrected chi connectivity index (χ2v) is 11.8. The average Bonchev–Trinajstić information content (AvgIpc) is 3.55. The number of nitrogens with zero attached hydrogens (tertiary/aromatic N) is 2. The number of carboxylic acids is 2. The summed E-state index contributed by atoms with van der Waals surface area (Å²) >= 11 is 0. The van der Waals surface area contributed by atoms with Gasteiger partial charge in [-0.05, 0) is 100.0 Å². The number of aromatic nitrogens is 1. The summed E-state index contributed by atoms with van der Waals surface area (Å²) in [6.45, 7) is 11.8. The van der Waals surface area contributed by atoms with Crippen LogP contribution in [0.5, 0.6) is 5.75 Å². The van der Waals surface area contributed by atoms with Gasteiger partial charge in [-0.15, -0.1) is 0 Å². The van der Waals surface area contributed by atoms with Gasteiger partial charge in [0.05, 0.1) is 5.52 Å². The van der Waals surface area contributed by atoms with Crippen LogP contribution in [-0.2, 0) is 16.0 Å². The molecule has 42 heavy (non-hydrogen) atoms. The van der Waals surface area contributed by atoms with Crippen LogP contribution in [0.3, 0.4) is 0 Å². The van der Waals surface area contributed by atoms with Gasteiger partial charge in [0.2, 0.25) is 0 Å². The number of carbonyl (C=O) groups is 2. The fourth-order valence-electron chi connectivity index (χ4n) is 6.52. The highest BCUT2D eigenvalue weighted by Crippen LogP contribution is 2.44. The van der Waals surface area contributed by atoms with Crippen molar-refractivity contribution >= 4 is 28.5 Å². The van der Waals surface area contributed by atoms with Crippen molar-refractivity contribution < 1.29 is 24.5 Å². The highest BCUT2D eigenvalue weighted by molar-refractivity contribution is 6.27. The number of carboxylic acid groups (broad SMARTS) is 2. The minimum absolute atomic E-state index is 0.200. The average molecular weight is 570 g/mol. The van der Waals surface area contributed by atoms with Crippen molar-refractivity contribution in [1.29, 1.82) is 0 Å². The van der Waals surface area contributed by atoms with Crippen molar-refractivity contribution in [1.82, 2.24) is 9.47 Å². The van der Waals surface area contributed by atoms with Crippen LogP contribution in [-0.4, -0.2) is 56.9 Å². The van der Waals surface area contributed by atoms with Crippen molar-refractivity contribution in [2.24, 2.45) is 0 Å². The van der Waals surface area contributed by atoms with Crippen molar-refractivity contribution in [2.45, 2.75) is 58.5 Å². The summed E-state index contributed by atoms with van der Waals surface area (Å²) in [4.78, 5) is 20.8. The minimum atomic E-state index is -1.82. The third-order valence-electron chi connectivity index (χ3n) is 8.88. The second-order valence-electron chi connectivity index (χ2n) is 11.8. The molecule has 4 N–H and O–H groups in total. The van der Waals surface area contributed by atoms with E-state index in [-0.39, 0.29) is 5.60 Å². The SMILES string of the molecule is Cc1c(C)c2c(c(C)c1N)CC(C)(CN1CCC(c3cn(-c4ccccc4)c4ccccc34)CC1)O2.O=C(O)C(=O)O. The topological polar surface area (TPSA) is 118 Å². The van der Waals surface area contributed by atoms with E-state index in [1.807, 2.05) is 0 Å². The third kappa shape index (κ3) is 5.59. The van der Waals surface area contributed by atoms with E-state index in [0.717, 1.165) is 43.1 Å². The van der Waals surface area contributed by atoms with Gasteiger partial charge >= 0.3 is 11.9 Å². The van der Waals surface area contributed by atoms with Gasteiger partial charge in [-0.1, -0.05) is 36.4 Å². The zero-order valence-corrected chi connectivity index (χ0v) is 24.7. The van der Waals surface area contributed by atoms with Crippen LogP contribution in [0.4, 0.5) is 5.69 Å². The standard InChI is InChI=1S/C32H37N3O.C2H2O4/c1-21-22(2)31-27(23(3)30(21)33)18-32(4,36-31)20-34-16-14-24(15-17-34)28-19-35(25-10-6-5-7-11-25)29-13-9-8-12-26(28)29;3-1(4)2(5)6/h5-13,19,24H,14-18,20,33H2,1-4H3;(H,3,4)(H,5,6). The quantitative estimate of drug-likeness (QED) is 0.208. The molecule has 0 aliphatic carbocycles. The molecule has 0 spiro atoms. The molecule has 0 saturated carbocycles. The summed E-state index contributed by atoms with van der Waals surface area (Å²) in [5.41, 5.74) is 16.0. The van der Waals surface area contributed by atoms with E-state index in [0.29, 0.717) is 5.92 Å². The van der Waals surface area contributed by atoms with Crippen LogP contribution in [0.1, 0.15) is 53.5 Å². The fraction of sp³-hybridized carbons (Fsp3) is 0.353. The smallest absolute Gasteiger partial charge is 0.414 e. The number of benzene rings is 3. The highest BCUT2D eigenvalue weighted by Gasteiger charge is 2.40. The summed E-state index contributed by atoms with van der Waals surface area (Å²) in [6.07, 6.45) is 5.67. The molecule has 0 bridgehead atoms. The third-order valence-corrected chi connectivity index (χ3v) is 8.88. The fourth-order valence-corrected chi connectivity index (χ4v) is 6.52. The number of nitrogen functional groups attached to an aromatic ring is 1. The van der Waals surface area contributed by atoms with Gasteiger partial charge in [0.25, 0.3) is 0 Å². The Balaban J connectivity index is 0.000000535. The number of aliphatic carboxylic acids is 2. The maximum Gasteiger partial charge on any atom is 0.414 e. The zero-order chi connectivity index (χ0) is 30.2. The molecular formula is C34H39N3O5. The Morgan fingerprint density at radius 1 is 0.929 bits per heavy atom.